The van der Waals surface area contributed by atoms with E-state index in [2.05, 4.69) is 21.2 Å². The summed E-state index contributed by atoms with van der Waals surface area (Å²) < 4.78 is 5.06. The summed E-state index contributed by atoms with van der Waals surface area (Å²) in [5.41, 5.74) is 2.75. The summed E-state index contributed by atoms with van der Waals surface area (Å²) in [6.45, 7) is 3.59. The number of carbonyl (C=O) groups excluding carboxylic acids is 2. The first-order chi connectivity index (χ1) is 15.5. The molecule has 8 heteroatoms. The zero-order valence-corrected chi connectivity index (χ0v) is 20.1. The molecule has 0 saturated carbocycles. The third kappa shape index (κ3) is 5.45. The molecule has 1 amide bonds. The molecular formula is C24H30ClN3O3S. The molecular weight excluding hydrogens is 446 g/mol. The molecule has 4 rings (SSSR count). The van der Waals surface area contributed by atoms with Crippen LogP contribution in [0.15, 0.2) is 24.3 Å². The van der Waals surface area contributed by atoms with E-state index < -0.39 is 0 Å². The quantitative estimate of drug-likeness (QED) is 0.640. The fourth-order valence-corrected chi connectivity index (χ4v) is 6.01. The van der Waals surface area contributed by atoms with Crippen molar-refractivity contribution >= 4 is 45.5 Å². The molecule has 1 saturated heterocycles. The smallest absolute Gasteiger partial charge is 0.341 e. The van der Waals surface area contributed by atoms with E-state index in [0.717, 1.165) is 68.1 Å². The van der Waals surface area contributed by atoms with E-state index in [1.54, 1.807) is 11.3 Å². The fraction of sp³-hybridized carbons (Fsp3) is 0.500. The average molecular weight is 476 g/mol. The Bertz CT molecular complexity index is 969. The summed E-state index contributed by atoms with van der Waals surface area (Å²) in [4.78, 5) is 31.1. The number of halogens is 1. The number of rotatable bonds is 5. The second kappa shape index (κ2) is 10.7. The summed E-state index contributed by atoms with van der Waals surface area (Å²) in [6.07, 6.45) is 6.42. The van der Waals surface area contributed by atoms with Crippen molar-refractivity contribution in [1.29, 1.82) is 0 Å². The van der Waals surface area contributed by atoms with Crippen LogP contribution >= 0.6 is 22.9 Å². The number of piperazine rings is 1. The second-order valence-electron chi connectivity index (χ2n) is 8.40. The molecule has 0 unspecified atom stereocenters. The molecule has 1 N–H and O–H groups in total. The van der Waals surface area contributed by atoms with Crippen molar-refractivity contribution in [2.45, 2.75) is 38.5 Å². The number of aryl methyl sites for hydroxylation is 1. The lowest BCUT2D eigenvalue weighted by Crippen LogP contribution is -2.48. The maximum Gasteiger partial charge on any atom is 0.341 e. The Kier molecular flexibility index (Phi) is 7.71. The molecule has 1 aromatic heterocycles. The molecule has 6 nitrogen and oxygen atoms in total. The third-order valence-electron chi connectivity index (χ3n) is 6.23. The van der Waals surface area contributed by atoms with Crippen LogP contribution in [0.3, 0.4) is 0 Å². The van der Waals surface area contributed by atoms with Crippen molar-refractivity contribution < 1.29 is 14.3 Å². The van der Waals surface area contributed by atoms with E-state index in [0.29, 0.717) is 17.1 Å². The summed E-state index contributed by atoms with van der Waals surface area (Å²) in [6, 6.07) is 7.87. The molecule has 172 valence electrons. The normalized spacial score (nSPS) is 17.2. The van der Waals surface area contributed by atoms with Crippen LogP contribution in [0.5, 0.6) is 0 Å². The van der Waals surface area contributed by atoms with Crippen LogP contribution in [0.2, 0.25) is 5.02 Å². The van der Waals surface area contributed by atoms with Gasteiger partial charge in [-0.25, -0.2) is 4.79 Å². The first kappa shape index (κ1) is 23.1. The third-order valence-corrected chi connectivity index (χ3v) is 7.67. The van der Waals surface area contributed by atoms with Gasteiger partial charge < -0.3 is 15.0 Å². The van der Waals surface area contributed by atoms with E-state index >= 15 is 0 Å². The van der Waals surface area contributed by atoms with Crippen molar-refractivity contribution in [2.24, 2.45) is 0 Å². The number of ether oxygens (including phenoxy) is 1. The zero-order valence-electron chi connectivity index (χ0n) is 18.5. The van der Waals surface area contributed by atoms with E-state index in [9.17, 15) is 9.59 Å². The fourth-order valence-electron chi connectivity index (χ4n) is 4.53. The number of nitrogens with one attached hydrogen (secondary N) is 1. The van der Waals surface area contributed by atoms with Gasteiger partial charge in [0.2, 0.25) is 5.91 Å². The van der Waals surface area contributed by atoms with E-state index in [4.69, 9.17) is 16.3 Å². The minimum Gasteiger partial charge on any atom is -0.465 e. The Hall–Kier alpha value is -2.09. The van der Waals surface area contributed by atoms with Crippen molar-refractivity contribution in [1.82, 2.24) is 4.90 Å². The monoisotopic (exact) mass is 475 g/mol. The Balaban J connectivity index is 1.39. The van der Waals surface area contributed by atoms with Gasteiger partial charge in [-0.15, -0.1) is 11.3 Å². The van der Waals surface area contributed by atoms with Crippen LogP contribution in [0, 0.1) is 0 Å². The number of amides is 1. The number of thiophene rings is 1. The standard InChI is InChI=1S/C24H30ClN3O3S/c1-31-24(30)22-19-9-4-2-3-5-10-20(19)32-23(22)26-21(29)16-27-11-13-28(14-12-27)18-8-6-7-17(25)15-18/h6-8,15H,2-5,9-14,16H2,1H3,(H,26,29). The molecule has 32 heavy (non-hydrogen) atoms. The van der Waals surface area contributed by atoms with Gasteiger partial charge in [0.25, 0.3) is 0 Å². The Labute approximate surface area is 198 Å². The van der Waals surface area contributed by atoms with E-state index in [-0.39, 0.29) is 11.9 Å². The second-order valence-corrected chi connectivity index (χ2v) is 9.95. The highest BCUT2D eigenvalue weighted by atomic mass is 35.5. The Morgan fingerprint density at radius 2 is 1.84 bits per heavy atom. The van der Waals surface area contributed by atoms with Crippen molar-refractivity contribution in [2.75, 3.05) is 50.1 Å². The van der Waals surface area contributed by atoms with Gasteiger partial charge in [0.1, 0.15) is 5.00 Å². The van der Waals surface area contributed by atoms with Crippen molar-refractivity contribution in [3.05, 3.63) is 45.3 Å². The van der Waals surface area contributed by atoms with Gasteiger partial charge in [0.15, 0.2) is 0 Å². The number of carbonyl (C=O) groups is 2. The Morgan fingerprint density at radius 1 is 1.09 bits per heavy atom. The number of fused-ring (bicyclic) bond motifs is 1. The van der Waals surface area contributed by atoms with Crippen LogP contribution in [-0.2, 0) is 22.4 Å². The lowest BCUT2D eigenvalue weighted by Gasteiger charge is -2.35. The summed E-state index contributed by atoms with van der Waals surface area (Å²) in [5, 5.41) is 4.40. The van der Waals surface area contributed by atoms with E-state index in [1.165, 1.54) is 24.8 Å². The van der Waals surface area contributed by atoms with Crippen LogP contribution in [0.4, 0.5) is 10.7 Å². The maximum absolute atomic E-state index is 12.9. The molecule has 0 radical (unpaired) electrons. The highest BCUT2D eigenvalue weighted by molar-refractivity contribution is 7.17. The summed E-state index contributed by atoms with van der Waals surface area (Å²) >= 11 is 7.66. The largest absolute Gasteiger partial charge is 0.465 e. The Morgan fingerprint density at radius 3 is 2.56 bits per heavy atom. The highest BCUT2D eigenvalue weighted by Gasteiger charge is 2.27. The number of hydrogen-bond acceptors (Lipinski definition) is 6. The molecule has 2 aliphatic rings. The molecule has 0 atom stereocenters. The highest BCUT2D eigenvalue weighted by Crippen LogP contribution is 2.37. The topological polar surface area (TPSA) is 61.9 Å². The summed E-state index contributed by atoms with van der Waals surface area (Å²) in [5.74, 6) is -0.436. The minimum atomic E-state index is -0.353. The molecule has 1 aromatic carbocycles. The van der Waals surface area contributed by atoms with Crippen molar-refractivity contribution in [3.63, 3.8) is 0 Å². The molecule has 1 fully saturated rings. The molecule has 0 bridgehead atoms. The van der Waals surface area contributed by atoms with Gasteiger partial charge in [0.05, 0.1) is 19.2 Å². The van der Waals surface area contributed by atoms with E-state index in [1.807, 2.05) is 18.2 Å². The van der Waals surface area contributed by atoms with Gasteiger partial charge in [0, 0.05) is 41.8 Å². The molecule has 2 heterocycles. The molecule has 0 spiro atoms. The number of hydrogen-bond donors (Lipinski definition) is 1. The first-order valence-corrected chi connectivity index (χ1v) is 12.5. The molecule has 2 aromatic rings. The average Bonchev–Trinajstić information content (AvgIpc) is 3.09. The lowest BCUT2D eigenvalue weighted by atomic mass is 9.96. The number of methoxy groups -OCH3 is 1. The van der Waals surface area contributed by atoms with Crippen molar-refractivity contribution in [3.8, 4) is 0 Å². The minimum absolute atomic E-state index is 0.0828. The lowest BCUT2D eigenvalue weighted by molar-refractivity contribution is -0.117. The van der Waals surface area contributed by atoms with Gasteiger partial charge in [-0.2, -0.15) is 0 Å². The van der Waals surface area contributed by atoms with Gasteiger partial charge in [-0.1, -0.05) is 30.5 Å². The van der Waals surface area contributed by atoms with Crippen LogP contribution in [0.1, 0.15) is 46.5 Å². The van der Waals surface area contributed by atoms with Crippen LogP contribution < -0.4 is 10.2 Å². The molecule has 1 aliphatic heterocycles. The number of anilines is 2. The first-order valence-electron chi connectivity index (χ1n) is 11.3. The number of esters is 1. The predicted octanol–water partition coefficient (Wildman–Crippen LogP) is 4.61. The number of nitrogens with zero attached hydrogens (tertiary/aromatic N) is 2. The van der Waals surface area contributed by atoms with Gasteiger partial charge in [-0.3, -0.25) is 9.69 Å². The summed E-state index contributed by atoms with van der Waals surface area (Å²) in [7, 11) is 1.40. The van der Waals surface area contributed by atoms with Gasteiger partial charge in [-0.05, 0) is 49.4 Å². The number of benzene rings is 1. The van der Waals surface area contributed by atoms with Crippen LogP contribution in [-0.4, -0.2) is 56.6 Å². The predicted molar refractivity (Wildman–Crippen MR) is 130 cm³/mol. The zero-order chi connectivity index (χ0) is 22.5. The van der Waals surface area contributed by atoms with Gasteiger partial charge >= 0.3 is 5.97 Å². The SMILES string of the molecule is COC(=O)c1c(NC(=O)CN2CCN(c3cccc(Cl)c3)CC2)sc2c1CCCCCC2. The van der Waals surface area contributed by atoms with Crippen LogP contribution in [0.25, 0.3) is 0 Å². The molecule has 1 aliphatic carbocycles. The maximum atomic E-state index is 12.9.